The van der Waals surface area contributed by atoms with Crippen LogP contribution >= 0.6 is 0 Å². The molecule has 1 N–H and O–H groups in total. The average molecular weight is 283 g/mol. The third-order valence-corrected chi connectivity index (χ3v) is 4.00. The number of methoxy groups -OCH3 is 1. The van der Waals surface area contributed by atoms with E-state index < -0.39 is 6.17 Å². The molecular formula is C16H14FN3O. The van der Waals surface area contributed by atoms with Gasteiger partial charge in [0.2, 0.25) is 0 Å². The van der Waals surface area contributed by atoms with Gasteiger partial charge in [0.1, 0.15) is 23.1 Å². The van der Waals surface area contributed by atoms with Gasteiger partial charge in [-0.15, -0.1) is 0 Å². The van der Waals surface area contributed by atoms with Crippen molar-refractivity contribution in [1.29, 1.82) is 0 Å². The lowest BCUT2D eigenvalue weighted by Crippen LogP contribution is -1.98. The Morgan fingerprint density at radius 1 is 1.33 bits per heavy atom. The zero-order chi connectivity index (χ0) is 14.4. The van der Waals surface area contributed by atoms with E-state index in [9.17, 15) is 4.39 Å². The molecule has 4 nitrogen and oxygen atoms in total. The van der Waals surface area contributed by atoms with Crippen molar-refractivity contribution < 1.29 is 9.13 Å². The van der Waals surface area contributed by atoms with E-state index in [1.165, 1.54) is 0 Å². The fourth-order valence-corrected chi connectivity index (χ4v) is 3.03. The van der Waals surface area contributed by atoms with Gasteiger partial charge in [-0.2, -0.15) is 5.10 Å². The maximum atomic E-state index is 13.7. The summed E-state index contributed by atoms with van der Waals surface area (Å²) in [6.45, 7) is 0. The van der Waals surface area contributed by atoms with Crippen molar-refractivity contribution in [3.8, 4) is 17.0 Å². The number of halogens is 1. The third kappa shape index (κ3) is 1.88. The molecule has 0 radical (unpaired) electrons. The fourth-order valence-electron chi connectivity index (χ4n) is 3.03. The van der Waals surface area contributed by atoms with Crippen molar-refractivity contribution in [2.45, 2.75) is 19.0 Å². The molecular weight excluding hydrogens is 269 g/mol. The van der Waals surface area contributed by atoms with Gasteiger partial charge >= 0.3 is 0 Å². The van der Waals surface area contributed by atoms with Gasteiger partial charge in [0.25, 0.3) is 0 Å². The van der Waals surface area contributed by atoms with Crippen LogP contribution in [-0.2, 0) is 12.8 Å². The number of alkyl halides is 1. The van der Waals surface area contributed by atoms with Crippen LogP contribution in [0.1, 0.15) is 11.1 Å². The lowest BCUT2D eigenvalue weighted by atomic mass is 9.99. The lowest BCUT2D eigenvalue weighted by Gasteiger charge is -2.11. The molecule has 2 aromatic heterocycles. The molecule has 0 amide bonds. The summed E-state index contributed by atoms with van der Waals surface area (Å²) in [6, 6.07) is 7.80. The molecule has 106 valence electrons. The number of aromatic nitrogens is 3. The first-order valence-corrected chi connectivity index (χ1v) is 6.89. The van der Waals surface area contributed by atoms with Gasteiger partial charge in [-0.1, -0.05) is 18.2 Å². The molecule has 0 saturated heterocycles. The summed E-state index contributed by atoms with van der Waals surface area (Å²) in [4.78, 5) is 4.64. The van der Waals surface area contributed by atoms with Crippen molar-refractivity contribution >= 4 is 11.0 Å². The van der Waals surface area contributed by atoms with Crippen LogP contribution in [0.15, 0.2) is 30.5 Å². The van der Waals surface area contributed by atoms with E-state index in [4.69, 9.17) is 4.74 Å². The minimum atomic E-state index is -0.801. The molecule has 0 fully saturated rings. The van der Waals surface area contributed by atoms with Crippen molar-refractivity contribution in [2.24, 2.45) is 0 Å². The Bertz CT molecular complexity index is 828. The highest BCUT2D eigenvalue weighted by Gasteiger charge is 2.25. The monoisotopic (exact) mass is 283 g/mol. The number of hydrogen-bond acceptors (Lipinski definition) is 3. The molecule has 3 aromatic rings. The molecule has 5 heteroatoms. The van der Waals surface area contributed by atoms with E-state index in [-0.39, 0.29) is 0 Å². The summed E-state index contributed by atoms with van der Waals surface area (Å²) in [5.41, 5.74) is 5.41. The van der Waals surface area contributed by atoms with Crippen LogP contribution in [-0.4, -0.2) is 28.5 Å². The van der Waals surface area contributed by atoms with E-state index >= 15 is 0 Å². The molecule has 1 atom stereocenters. The van der Waals surface area contributed by atoms with E-state index in [0.29, 0.717) is 18.6 Å². The maximum Gasteiger partial charge on any atom is 0.147 e. The molecule has 1 aliphatic rings. The first-order chi connectivity index (χ1) is 10.3. The Labute approximate surface area is 121 Å². The van der Waals surface area contributed by atoms with Gasteiger partial charge in [0.15, 0.2) is 0 Å². The van der Waals surface area contributed by atoms with Crippen LogP contribution in [0, 0.1) is 0 Å². The minimum absolute atomic E-state index is 0.444. The molecule has 21 heavy (non-hydrogen) atoms. The number of aromatic amines is 1. The van der Waals surface area contributed by atoms with Crippen LogP contribution < -0.4 is 4.74 Å². The summed E-state index contributed by atoms with van der Waals surface area (Å²) in [7, 11) is 1.61. The minimum Gasteiger partial charge on any atom is -0.494 e. The van der Waals surface area contributed by atoms with Crippen molar-refractivity contribution in [3.63, 3.8) is 0 Å². The highest BCUT2D eigenvalue weighted by molar-refractivity contribution is 5.83. The van der Waals surface area contributed by atoms with Crippen molar-refractivity contribution in [2.75, 3.05) is 7.11 Å². The maximum absolute atomic E-state index is 13.7. The number of benzene rings is 1. The molecule has 0 bridgehead atoms. The third-order valence-electron chi connectivity index (χ3n) is 4.00. The second-order valence-electron chi connectivity index (χ2n) is 5.29. The summed E-state index contributed by atoms with van der Waals surface area (Å²) in [5.74, 6) is 0.669. The number of nitrogens with zero attached hydrogens (tertiary/aromatic N) is 2. The second-order valence-corrected chi connectivity index (χ2v) is 5.29. The summed E-state index contributed by atoms with van der Waals surface area (Å²) < 4.78 is 19.2. The van der Waals surface area contributed by atoms with E-state index in [1.54, 1.807) is 13.3 Å². The SMILES string of the molecule is COc1cc2[nH]ncc2nc1-c1cccc2c1CC(F)C2. The molecule has 1 aromatic carbocycles. The predicted molar refractivity (Wildman–Crippen MR) is 78.2 cm³/mol. The summed E-state index contributed by atoms with van der Waals surface area (Å²) >= 11 is 0. The molecule has 0 saturated carbocycles. The van der Waals surface area contributed by atoms with Crippen molar-refractivity contribution in [3.05, 3.63) is 41.6 Å². The quantitative estimate of drug-likeness (QED) is 0.786. The molecule has 1 aliphatic carbocycles. The molecule has 2 heterocycles. The number of hydrogen-bond donors (Lipinski definition) is 1. The number of nitrogens with one attached hydrogen (secondary N) is 1. The normalized spacial score (nSPS) is 17.1. The first kappa shape index (κ1) is 12.3. The van der Waals surface area contributed by atoms with Crippen LogP contribution in [0.2, 0.25) is 0 Å². The lowest BCUT2D eigenvalue weighted by molar-refractivity contribution is 0.349. The van der Waals surface area contributed by atoms with Crippen molar-refractivity contribution in [1.82, 2.24) is 15.2 Å². The number of fused-ring (bicyclic) bond motifs is 2. The highest BCUT2D eigenvalue weighted by Crippen LogP contribution is 2.37. The molecule has 0 spiro atoms. The van der Waals surface area contributed by atoms with E-state index in [2.05, 4.69) is 15.2 Å². The molecule has 4 rings (SSSR count). The molecule has 1 unspecified atom stereocenters. The van der Waals surface area contributed by atoms with Gasteiger partial charge < -0.3 is 4.74 Å². The average Bonchev–Trinajstić information content (AvgIpc) is 3.09. The predicted octanol–water partition coefficient (Wildman–Crippen LogP) is 3.07. The second kappa shape index (κ2) is 4.55. The van der Waals surface area contributed by atoms with Crippen LogP contribution in [0.25, 0.3) is 22.3 Å². The highest BCUT2D eigenvalue weighted by atomic mass is 19.1. The van der Waals surface area contributed by atoms with Gasteiger partial charge in [-0.3, -0.25) is 5.10 Å². The summed E-state index contributed by atoms with van der Waals surface area (Å²) in [5, 5.41) is 6.87. The van der Waals surface area contributed by atoms with Gasteiger partial charge in [-0.25, -0.2) is 9.37 Å². The van der Waals surface area contributed by atoms with E-state index in [0.717, 1.165) is 33.4 Å². The van der Waals surface area contributed by atoms with Crippen LogP contribution in [0.4, 0.5) is 4.39 Å². The Kier molecular flexibility index (Phi) is 2.67. The number of ether oxygens (including phenoxy) is 1. The Hall–Kier alpha value is -2.43. The standard InChI is InChI=1S/C16H14FN3O/c1-21-15-7-13-14(8-18-20-13)19-16(15)11-4-2-3-9-5-10(17)6-12(9)11/h2-4,7-8,10H,5-6H2,1H3,(H,18,20). The first-order valence-electron chi connectivity index (χ1n) is 6.89. The Balaban J connectivity index is 1.96. The largest absolute Gasteiger partial charge is 0.494 e. The van der Waals surface area contributed by atoms with Crippen LogP contribution in [0.5, 0.6) is 5.75 Å². The fraction of sp³-hybridized carbons (Fsp3) is 0.250. The zero-order valence-electron chi connectivity index (χ0n) is 11.6. The number of H-pyrrole nitrogens is 1. The van der Waals surface area contributed by atoms with Gasteiger partial charge in [0, 0.05) is 24.5 Å². The smallest absolute Gasteiger partial charge is 0.147 e. The topological polar surface area (TPSA) is 50.8 Å². The zero-order valence-corrected chi connectivity index (χ0v) is 11.6. The van der Waals surface area contributed by atoms with E-state index in [1.807, 2.05) is 24.3 Å². The van der Waals surface area contributed by atoms with Gasteiger partial charge in [0.05, 0.1) is 18.8 Å². The van der Waals surface area contributed by atoms with Gasteiger partial charge in [-0.05, 0) is 11.1 Å². The molecule has 0 aliphatic heterocycles. The van der Waals surface area contributed by atoms with Crippen LogP contribution in [0.3, 0.4) is 0 Å². The summed E-state index contributed by atoms with van der Waals surface area (Å²) in [6.07, 6.45) is 1.81. The Morgan fingerprint density at radius 3 is 3.10 bits per heavy atom. The number of pyridine rings is 1. The number of rotatable bonds is 2. The Morgan fingerprint density at radius 2 is 2.24 bits per heavy atom.